The zero-order chi connectivity index (χ0) is 13.3. The number of alkyl halides is 2. The molecule has 0 aliphatic rings. The number of hydrogen-bond donors (Lipinski definition) is 0. The summed E-state index contributed by atoms with van der Waals surface area (Å²) in [6, 6.07) is 7.78. The first-order valence-electron chi connectivity index (χ1n) is 6.38. The van der Waals surface area contributed by atoms with Gasteiger partial charge in [0.1, 0.15) is 6.61 Å². The molecule has 0 aromatic heterocycles. The van der Waals surface area contributed by atoms with Gasteiger partial charge >= 0.3 is 0 Å². The van der Waals surface area contributed by atoms with Gasteiger partial charge in [0, 0.05) is 12.2 Å². The fourth-order valence-corrected chi connectivity index (χ4v) is 1.67. The van der Waals surface area contributed by atoms with E-state index in [0.717, 1.165) is 25.7 Å². The minimum absolute atomic E-state index is 0.00753. The molecule has 0 N–H and O–H groups in total. The van der Waals surface area contributed by atoms with Crippen molar-refractivity contribution in [2.24, 2.45) is 0 Å². The Hall–Kier alpha value is -0.895. The van der Waals surface area contributed by atoms with Gasteiger partial charge in [0.25, 0.3) is 5.92 Å². The fraction of sp³-hybridized carbons (Fsp3) is 0.571. The Balaban J connectivity index is 2.18. The Morgan fingerprint density at radius 2 is 1.67 bits per heavy atom. The van der Waals surface area contributed by atoms with Gasteiger partial charge in [-0.05, 0) is 6.42 Å². The van der Waals surface area contributed by atoms with Crippen LogP contribution in [0.2, 0.25) is 6.32 Å². The number of rotatable bonds is 9. The Morgan fingerprint density at radius 1 is 1.00 bits per heavy atom. The quantitative estimate of drug-likeness (QED) is 0.477. The van der Waals surface area contributed by atoms with Crippen LogP contribution in [0, 0.1) is 0 Å². The molecule has 0 spiro atoms. The molecule has 0 aliphatic carbocycles. The monoisotopic (exact) mass is 252 g/mol. The molecule has 0 fully saturated rings. The molecule has 0 heterocycles. The Morgan fingerprint density at radius 3 is 2.33 bits per heavy atom. The fourth-order valence-electron chi connectivity index (χ4n) is 1.67. The van der Waals surface area contributed by atoms with E-state index >= 15 is 0 Å². The zero-order valence-electron chi connectivity index (χ0n) is 10.6. The van der Waals surface area contributed by atoms with Crippen molar-refractivity contribution in [3.8, 4) is 0 Å². The van der Waals surface area contributed by atoms with E-state index in [4.69, 9.17) is 12.6 Å². The highest BCUT2D eigenvalue weighted by atomic mass is 19.3. The Labute approximate surface area is 109 Å². The molecule has 4 heteroatoms. The van der Waals surface area contributed by atoms with Crippen molar-refractivity contribution in [2.45, 2.75) is 37.9 Å². The van der Waals surface area contributed by atoms with Gasteiger partial charge in [-0.3, -0.25) is 0 Å². The molecule has 2 radical (unpaired) electrons. The van der Waals surface area contributed by atoms with Gasteiger partial charge < -0.3 is 4.74 Å². The average molecular weight is 252 g/mol. The number of benzene rings is 1. The van der Waals surface area contributed by atoms with Crippen molar-refractivity contribution in [2.75, 3.05) is 13.2 Å². The summed E-state index contributed by atoms with van der Waals surface area (Å²) in [6.07, 6.45) is 4.50. The Kier molecular flexibility index (Phi) is 6.95. The molecule has 0 atom stereocenters. The molecule has 0 saturated carbocycles. The largest absolute Gasteiger partial charge is 0.375 e. The lowest BCUT2D eigenvalue weighted by atomic mass is 9.99. The van der Waals surface area contributed by atoms with Crippen LogP contribution < -0.4 is 0 Å². The maximum absolute atomic E-state index is 13.6. The van der Waals surface area contributed by atoms with Gasteiger partial charge in [0.15, 0.2) is 0 Å². The predicted molar refractivity (Wildman–Crippen MR) is 70.2 cm³/mol. The van der Waals surface area contributed by atoms with E-state index in [0.29, 0.717) is 12.9 Å². The first-order valence-corrected chi connectivity index (χ1v) is 6.38. The highest BCUT2D eigenvalue weighted by molar-refractivity contribution is 6.08. The van der Waals surface area contributed by atoms with Gasteiger partial charge in [0.05, 0.1) is 7.85 Å². The van der Waals surface area contributed by atoms with Gasteiger partial charge in [-0.2, -0.15) is 8.78 Å². The van der Waals surface area contributed by atoms with Crippen LogP contribution in [0.25, 0.3) is 0 Å². The van der Waals surface area contributed by atoms with Gasteiger partial charge in [0.2, 0.25) is 0 Å². The molecule has 1 rings (SSSR count). The summed E-state index contributed by atoms with van der Waals surface area (Å²) in [5.74, 6) is -2.90. The summed E-state index contributed by atoms with van der Waals surface area (Å²) in [5.41, 5.74) is 0.00753. The molecule has 0 aliphatic heterocycles. The molecule has 1 aromatic carbocycles. The first-order chi connectivity index (χ1) is 8.67. The third kappa shape index (κ3) is 5.63. The van der Waals surface area contributed by atoms with E-state index in [1.165, 1.54) is 12.1 Å². The van der Waals surface area contributed by atoms with Crippen molar-refractivity contribution in [1.29, 1.82) is 0 Å². The van der Waals surface area contributed by atoms with E-state index in [9.17, 15) is 8.78 Å². The molecule has 98 valence electrons. The summed E-state index contributed by atoms with van der Waals surface area (Å²) >= 11 is 0. The summed E-state index contributed by atoms with van der Waals surface area (Å²) in [6.45, 7) is -0.166. The van der Waals surface area contributed by atoms with Crippen molar-refractivity contribution in [3.05, 3.63) is 35.9 Å². The topological polar surface area (TPSA) is 9.23 Å². The van der Waals surface area contributed by atoms with E-state index in [1.807, 2.05) is 0 Å². The van der Waals surface area contributed by atoms with Crippen LogP contribution in [0.3, 0.4) is 0 Å². The lowest BCUT2D eigenvalue weighted by Crippen LogP contribution is -2.21. The van der Waals surface area contributed by atoms with Crippen molar-refractivity contribution >= 4 is 7.85 Å². The molecule has 1 aromatic rings. The van der Waals surface area contributed by atoms with Crippen LogP contribution in [0.4, 0.5) is 8.78 Å². The SMILES string of the molecule is [B]CCCCCCOCC(F)(F)c1ccccc1. The summed E-state index contributed by atoms with van der Waals surface area (Å²) in [4.78, 5) is 0. The highest BCUT2D eigenvalue weighted by Crippen LogP contribution is 2.27. The maximum Gasteiger partial charge on any atom is 0.296 e. The molecule has 0 amide bonds. The lowest BCUT2D eigenvalue weighted by Gasteiger charge is -2.16. The van der Waals surface area contributed by atoms with Gasteiger partial charge in [-0.1, -0.05) is 55.9 Å². The van der Waals surface area contributed by atoms with Crippen LogP contribution in [0.1, 0.15) is 31.2 Å². The normalized spacial score (nSPS) is 11.7. The smallest absolute Gasteiger partial charge is 0.296 e. The molecule has 0 bridgehead atoms. The van der Waals surface area contributed by atoms with E-state index in [1.54, 1.807) is 18.2 Å². The standard InChI is InChI=1S/C14H19BF2O/c15-10-6-1-2-7-11-18-12-14(16,17)13-8-4-3-5-9-13/h3-5,8-9H,1-2,6-7,10-12H2. The van der Waals surface area contributed by atoms with Crippen LogP contribution >= 0.6 is 0 Å². The molecule has 18 heavy (non-hydrogen) atoms. The lowest BCUT2D eigenvalue weighted by molar-refractivity contribution is -0.0831. The van der Waals surface area contributed by atoms with Crippen LogP contribution in [-0.4, -0.2) is 21.1 Å². The average Bonchev–Trinajstić information content (AvgIpc) is 2.39. The minimum Gasteiger partial charge on any atom is -0.375 e. The third-order valence-electron chi connectivity index (χ3n) is 2.72. The number of hydrogen-bond acceptors (Lipinski definition) is 1. The second-order valence-electron chi connectivity index (χ2n) is 4.33. The molecular weight excluding hydrogens is 233 g/mol. The Bertz CT molecular complexity index is 317. The van der Waals surface area contributed by atoms with Crippen molar-refractivity contribution in [1.82, 2.24) is 0 Å². The van der Waals surface area contributed by atoms with Crippen molar-refractivity contribution in [3.63, 3.8) is 0 Å². The van der Waals surface area contributed by atoms with Crippen LogP contribution in [0.15, 0.2) is 30.3 Å². The highest BCUT2D eigenvalue weighted by Gasteiger charge is 2.31. The summed E-state index contributed by atoms with van der Waals surface area (Å²) < 4.78 is 32.3. The van der Waals surface area contributed by atoms with Crippen molar-refractivity contribution < 1.29 is 13.5 Å². The van der Waals surface area contributed by atoms with E-state index in [-0.39, 0.29) is 5.56 Å². The number of halogens is 2. The zero-order valence-corrected chi connectivity index (χ0v) is 10.6. The second-order valence-corrected chi connectivity index (χ2v) is 4.33. The maximum atomic E-state index is 13.6. The minimum atomic E-state index is -2.90. The van der Waals surface area contributed by atoms with Gasteiger partial charge in [-0.25, -0.2) is 0 Å². The number of unbranched alkanes of at least 4 members (excludes halogenated alkanes) is 3. The molecule has 1 nitrogen and oxygen atoms in total. The predicted octanol–water partition coefficient (Wildman–Crippen LogP) is 3.94. The third-order valence-corrected chi connectivity index (χ3v) is 2.72. The van der Waals surface area contributed by atoms with E-state index < -0.39 is 12.5 Å². The molecule has 0 unspecified atom stereocenters. The second kappa shape index (κ2) is 8.25. The van der Waals surface area contributed by atoms with E-state index in [2.05, 4.69) is 0 Å². The summed E-state index contributed by atoms with van der Waals surface area (Å²) in [7, 11) is 5.36. The summed E-state index contributed by atoms with van der Waals surface area (Å²) in [5, 5.41) is 0. The molecular formula is C14H19BF2O. The van der Waals surface area contributed by atoms with Crippen LogP contribution in [0.5, 0.6) is 0 Å². The van der Waals surface area contributed by atoms with Crippen LogP contribution in [-0.2, 0) is 10.7 Å². The van der Waals surface area contributed by atoms with Gasteiger partial charge in [-0.15, -0.1) is 0 Å². The molecule has 0 saturated heterocycles. The number of ether oxygens (including phenoxy) is 1. The first kappa shape index (κ1) is 15.2.